The fourth-order valence-electron chi connectivity index (χ4n) is 3.76. The Morgan fingerprint density at radius 1 is 1.27 bits per heavy atom. The standard InChI is InChI=1S/C24H35ClN6O2/c1-24(2,3)33-23(32)29-18-7-6-11-31(16-18)20-13-21(25)27-15-19(20)17-8-9-22(28-14-17)26-10-12-30(4)5/h8-9,13-15,18H,6-7,10-12,16H2,1-5H3,(H,26,28)(H,29,32)/t18-/m0/s1. The Hall–Kier alpha value is -2.58. The van der Waals surface area contributed by atoms with Crippen molar-refractivity contribution in [2.24, 2.45) is 0 Å². The molecule has 3 rings (SSSR count). The molecule has 1 amide bonds. The van der Waals surface area contributed by atoms with Gasteiger partial charge in [-0.15, -0.1) is 0 Å². The summed E-state index contributed by atoms with van der Waals surface area (Å²) < 4.78 is 5.43. The average molecular weight is 475 g/mol. The molecule has 1 saturated heterocycles. The first-order chi connectivity index (χ1) is 15.6. The molecule has 9 heteroatoms. The zero-order valence-corrected chi connectivity index (χ0v) is 20.9. The summed E-state index contributed by atoms with van der Waals surface area (Å²) in [5, 5.41) is 6.77. The smallest absolute Gasteiger partial charge is 0.407 e. The van der Waals surface area contributed by atoms with Gasteiger partial charge in [0, 0.05) is 61.4 Å². The average Bonchev–Trinajstić information content (AvgIpc) is 2.73. The van der Waals surface area contributed by atoms with Gasteiger partial charge in [-0.05, 0) is 65.9 Å². The van der Waals surface area contributed by atoms with E-state index in [2.05, 4.69) is 30.4 Å². The Labute approximate surface area is 201 Å². The van der Waals surface area contributed by atoms with Crippen LogP contribution in [0.1, 0.15) is 33.6 Å². The maximum absolute atomic E-state index is 12.3. The monoisotopic (exact) mass is 474 g/mol. The molecule has 0 spiro atoms. The van der Waals surface area contributed by atoms with Crippen molar-refractivity contribution in [3.05, 3.63) is 35.7 Å². The Morgan fingerprint density at radius 2 is 2.06 bits per heavy atom. The first-order valence-corrected chi connectivity index (χ1v) is 11.7. The summed E-state index contributed by atoms with van der Waals surface area (Å²) in [4.78, 5) is 25.5. The molecule has 2 aromatic rings. The molecule has 2 aromatic heterocycles. The number of hydrogen-bond donors (Lipinski definition) is 2. The van der Waals surface area contributed by atoms with E-state index in [1.807, 2.05) is 59.3 Å². The largest absolute Gasteiger partial charge is 0.444 e. The van der Waals surface area contributed by atoms with Gasteiger partial charge in [0.05, 0.1) is 0 Å². The van der Waals surface area contributed by atoms with Gasteiger partial charge in [-0.2, -0.15) is 0 Å². The van der Waals surface area contributed by atoms with Crippen LogP contribution in [0.25, 0.3) is 11.1 Å². The lowest BCUT2D eigenvalue weighted by Crippen LogP contribution is -2.49. The number of carbonyl (C=O) groups excluding carboxylic acids is 1. The van der Waals surface area contributed by atoms with Crippen molar-refractivity contribution in [3.63, 3.8) is 0 Å². The number of rotatable bonds is 7. The number of pyridine rings is 2. The second-order valence-electron chi connectivity index (χ2n) is 9.62. The van der Waals surface area contributed by atoms with E-state index in [9.17, 15) is 4.79 Å². The van der Waals surface area contributed by atoms with E-state index in [-0.39, 0.29) is 12.1 Å². The van der Waals surface area contributed by atoms with Gasteiger partial charge in [0.1, 0.15) is 16.6 Å². The molecular weight excluding hydrogens is 440 g/mol. The molecule has 0 bridgehead atoms. The molecule has 0 aliphatic carbocycles. The lowest BCUT2D eigenvalue weighted by Gasteiger charge is -2.36. The van der Waals surface area contributed by atoms with E-state index >= 15 is 0 Å². The number of anilines is 2. The number of alkyl carbamates (subject to hydrolysis) is 1. The van der Waals surface area contributed by atoms with Gasteiger partial charge in [-0.25, -0.2) is 14.8 Å². The lowest BCUT2D eigenvalue weighted by atomic mass is 10.0. The molecular formula is C24H35ClN6O2. The number of nitrogens with zero attached hydrogens (tertiary/aromatic N) is 4. The third kappa shape index (κ3) is 7.75. The van der Waals surface area contributed by atoms with Crippen molar-refractivity contribution < 1.29 is 9.53 Å². The van der Waals surface area contributed by atoms with Crippen molar-refractivity contribution in [1.82, 2.24) is 20.2 Å². The number of piperidine rings is 1. The van der Waals surface area contributed by atoms with Gasteiger partial charge in [-0.3, -0.25) is 0 Å². The molecule has 1 fully saturated rings. The molecule has 2 N–H and O–H groups in total. The fraction of sp³-hybridized carbons (Fsp3) is 0.542. The van der Waals surface area contributed by atoms with Gasteiger partial charge in [0.15, 0.2) is 0 Å². The minimum atomic E-state index is -0.523. The van der Waals surface area contributed by atoms with E-state index in [1.54, 1.807) is 6.20 Å². The predicted molar refractivity (Wildman–Crippen MR) is 134 cm³/mol. The second kappa shape index (κ2) is 11.0. The van der Waals surface area contributed by atoms with Crippen molar-refractivity contribution in [2.45, 2.75) is 45.3 Å². The summed E-state index contributed by atoms with van der Waals surface area (Å²) in [7, 11) is 4.09. The summed E-state index contributed by atoms with van der Waals surface area (Å²) in [6, 6.07) is 5.90. The molecule has 0 saturated carbocycles. The van der Waals surface area contributed by atoms with Gasteiger partial charge in [0.2, 0.25) is 0 Å². The Kier molecular flexibility index (Phi) is 8.37. The Bertz CT molecular complexity index is 930. The van der Waals surface area contributed by atoms with Crippen LogP contribution >= 0.6 is 11.6 Å². The molecule has 0 radical (unpaired) electrons. The van der Waals surface area contributed by atoms with E-state index in [0.29, 0.717) is 11.7 Å². The summed E-state index contributed by atoms with van der Waals surface area (Å²) in [5.74, 6) is 0.837. The van der Waals surface area contributed by atoms with Crippen LogP contribution in [0.15, 0.2) is 30.6 Å². The van der Waals surface area contributed by atoms with Crippen LogP contribution in [0.4, 0.5) is 16.3 Å². The molecule has 0 unspecified atom stereocenters. The van der Waals surface area contributed by atoms with Crippen molar-refractivity contribution in [1.29, 1.82) is 0 Å². The highest BCUT2D eigenvalue weighted by Gasteiger charge is 2.26. The van der Waals surface area contributed by atoms with Crippen LogP contribution in [0.3, 0.4) is 0 Å². The van der Waals surface area contributed by atoms with Crippen molar-refractivity contribution in [3.8, 4) is 11.1 Å². The predicted octanol–water partition coefficient (Wildman–Crippen LogP) is 4.26. The maximum atomic E-state index is 12.3. The van der Waals surface area contributed by atoms with Gasteiger partial charge in [0.25, 0.3) is 0 Å². The number of hydrogen-bond acceptors (Lipinski definition) is 7. The van der Waals surface area contributed by atoms with Crippen LogP contribution in [0.5, 0.6) is 0 Å². The minimum absolute atomic E-state index is 0.00483. The quantitative estimate of drug-likeness (QED) is 0.580. The van der Waals surface area contributed by atoms with Crippen LogP contribution in [-0.4, -0.2) is 72.9 Å². The Balaban J connectivity index is 1.73. The Morgan fingerprint density at radius 3 is 2.73 bits per heavy atom. The third-order valence-corrected chi connectivity index (χ3v) is 5.48. The maximum Gasteiger partial charge on any atom is 0.407 e. The first kappa shape index (κ1) is 25.1. The summed E-state index contributed by atoms with van der Waals surface area (Å²) in [6.07, 6.45) is 5.11. The highest BCUT2D eigenvalue weighted by molar-refractivity contribution is 6.29. The van der Waals surface area contributed by atoms with Crippen molar-refractivity contribution >= 4 is 29.2 Å². The third-order valence-electron chi connectivity index (χ3n) is 5.27. The zero-order chi connectivity index (χ0) is 24.0. The molecule has 180 valence electrons. The molecule has 33 heavy (non-hydrogen) atoms. The van der Waals surface area contributed by atoms with Gasteiger partial charge in [-0.1, -0.05) is 11.6 Å². The summed E-state index contributed by atoms with van der Waals surface area (Å²) in [6.45, 7) is 8.89. The number of amides is 1. The normalized spacial score (nSPS) is 16.6. The number of aromatic nitrogens is 2. The topological polar surface area (TPSA) is 82.6 Å². The number of carbonyl (C=O) groups is 1. The van der Waals surface area contributed by atoms with Crippen LogP contribution in [0, 0.1) is 0 Å². The number of nitrogens with one attached hydrogen (secondary N) is 2. The number of ether oxygens (including phenoxy) is 1. The van der Waals surface area contributed by atoms with Crippen LogP contribution < -0.4 is 15.5 Å². The molecule has 3 heterocycles. The van der Waals surface area contributed by atoms with Crippen LogP contribution in [-0.2, 0) is 4.74 Å². The van der Waals surface area contributed by atoms with Crippen LogP contribution in [0.2, 0.25) is 5.15 Å². The summed E-state index contributed by atoms with van der Waals surface area (Å²) in [5.41, 5.74) is 2.39. The van der Waals surface area contributed by atoms with E-state index in [0.717, 1.165) is 55.1 Å². The fourth-order valence-corrected chi connectivity index (χ4v) is 3.91. The number of likely N-dealkylation sites (N-methyl/N-ethyl adjacent to an activating group) is 1. The lowest BCUT2D eigenvalue weighted by molar-refractivity contribution is 0.0500. The first-order valence-electron chi connectivity index (χ1n) is 11.4. The van der Waals surface area contributed by atoms with E-state index in [1.165, 1.54) is 0 Å². The SMILES string of the molecule is CN(C)CCNc1ccc(-c2cnc(Cl)cc2N2CCC[C@H](NC(=O)OC(C)(C)C)C2)cn1. The summed E-state index contributed by atoms with van der Waals surface area (Å²) >= 11 is 6.27. The zero-order valence-electron chi connectivity index (χ0n) is 20.2. The van der Waals surface area contributed by atoms with Crippen molar-refractivity contribution in [2.75, 3.05) is 50.5 Å². The highest BCUT2D eigenvalue weighted by atomic mass is 35.5. The molecule has 8 nitrogen and oxygen atoms in total. The highest BCUT2D eigenvalue weighted by Crippen LogP contribution is 2.33. The van der Waals surface area contributed by atoms with Gasteiger partial charge >= 0.3 is 6.09 Å². The minimum Gasteiger partial charge on any atom is -0.444 e. The second-order valence-corrected chi connectivity index (χ2v) is 10.0. The number of halogens is 1. The van der Waals surface area contributed by atoms with E-state index in [4.69, 9.17) is 16.3 Å². The molecule has 0 aromatic carbocycles. The van der Waals surface area contributed by atoms with E-state index < -0.39 is 5.60 Å². The molecule has 1 aliphatic rings. The molecule has 1 atom stereocenters. The van der Waals surface area contributed by atoms with Gasteiger partial charge < -0.3 is 25.2 Å². The molecule has 1 aliphatic heterocycles.